The van der Waals surface area contributed by atoms with Crippen LogP contribution in [-0.4, -0.2) is 30.8 Å². The summed E-state index contributed by atoms with van der Waals surface area (Å²) in [5.74, 6) is 0.837. The first-order valence-electron chi connectivity index (χ1n) is 6.26. The highest BCUT2D eigenvalue weighted by molar-refractivity contribution is 5.69. The van der Waals surface area contributed by atoms with Crippen LogP contribution in [0.1, 0.15) is 19.7 Å². The normalized spacial score (nSPS) is 11.6. The first kappa shape index (κ1) is 13.5. The Kier molecular flexibility index (Phi) is 3.57. The van der Waals surface area contributed by atoms with Gasteiger partial charge in [-0.1, -0.05) is 13.8 Å². The van der Waals surface area contributed by atoms with E-state index in [4.69, 9.17) is 5.11 Å². The monoisotopic (exact) mass is 266 g/mol. The summed E-state index contributed by atoms with van der Waals surface area (Å²) in [6.45, 7) is 5.92. The molecule has 7 heteroatoms. The Labute approximate surface area is 109 Å². The lowest BCUT2D eigenvalue weighted by Crippen LogP contribution is -2.41. The van der Waals surface area contributed by atoms with Crippen molar-refractivity contribution < 1.29 is 5.11 Å². The molecule has 0 aliphatic carbocycles. The van der Waals surface area contributed by atoms with Crippen molar-refractivity contribution in [2.24, 2.45) is 5.92 Å². The van der Waals surface area contributed by atoms with Crippen LogP contribution in [0.5, 0.6) is 0 Å². The highest BCUT2D eigenvalue weighted by atomic mass is 16.3. The fraction of sp³-hybridized carbons (Fsp3) is 0.583. The molecule has 0 spiro atoms. The number of hydrogen-bond acceptors (Lipinski definition) is 4. The van der Waals surface area contributed by atoms with Gasteiger partial charge >= 0.3 is 5.69 Å². The molecule has 0 fully saturated rings. The molecule has 0 amide bonds. The van der Waals surface area contributed by atoms with Gasteiger partial charge in [-0.05, 0) is 12.8 Å². The number of nitrogens with zero attached hydrogens (tertiary/aromatic N) is 3. The minimum absolute atomic E-state index is 0.0101. The van der Waals surface area contributed by atoms with Gasteiger partial charge in [-0.15, -0.1) is 0 Å². The van der Waals surface area contributed by atoms with Crippen molar-refractivity contribution >= 4 is 11.2 Å². The Morgan fingerprint density at radius 1 is 1.32 bits per heavy atom. The largest absolute Gasteiger partial charge is 0.395 e. The number of aliphatic hydroxyl groups is 1. The Bertz CT molecular complexity index is 708. The van der Waals surface area contributed by atoms with E-state index in [0.717, 1.165) is 4.57 Å². The fourth-order valence-corrected chi connectivity index (χ4v) is 2.11. The van der Waals surface area contributed by atoms with E-state index in [1.807, 2.05) is 13.8 Å². The maximum atomic E-state index is 12.3. The van der Waals surface area contributed by atoms with E-state index in [1.165, 1.54) is 4.57 Å². The molecule has 2 N–H and O–H groups in total. The van der Waals surface area contributed by atoms with Crippen molar-refractivity contribution in [1.82, 2.24) is 19.1 Å². The molecule has 0 bridgehead atoms. The smallest absolute Gasteiger partial charge is 0.332 e. The molecule has 0 aliphatic rings. The number of nitrogens with one attached hydrogen (secondary N) is 1. The lowest BCUT2D eigenvalue weighted by molar-refractivity contribution is 0.270. The number of hydrogen-bond donors (Lipinski definition) is 2. The predicted molar refractivity (Wildman–Crippen MR) is 71.3 cm³/mol. The molecule has 0 saturated carbocycles. The minimum atomic E-state index is -0.436. The molecule has 104 valence electrons. The van der Waals surface area contributed by atoms with Crippen LogP contribution in [0.2, 0.25) is 0 Å². The Balaban J connectivity index is 2.83. The second-order valence-corrected chi connectivity index (χ2v) is 4.99. The van der Waals surface area contributed by atoms with E-state index < -0.39 is 11.2 Å². The first-order chi connectivity index (χ1) is 8.95. The lowest BCUT2D eigenvalue weighted by Gasteiger charge is -2.12. The van der Waals surface area contributed by atoms with Gasteiger partial charge in [0.05, 0.1) is 13.2 Å². The zero-order valence-corrected chi connectivity index (χ0v) is 11.3. The van der Waals surface area contributed by atoms with Gasteiger partial charge in [-0.25, -0.2) is 9.78 Å². The molecular weight excluding hydrogens is 248 g/mol. The molecule has 2 aromatic heterocycles. The van der Waals surface area contributed by atoms with Crippen LogP contribution in [0.4, 0.5) is 0 Å². The highest BCUT2D eigenvalue weighted by Crippen LogP contribution is 2.07. The maximum absolute atomic E-state index is 12.3. The molecule has 0 radical (unpaired) electrons. The summed E-state index contributed by atoms with van der Waals surface area (Å²) >= 11 is 0. The molecule has 0 aromatic carbocycles. The second kappa shape index (κ2) is 5.00. The van der Waals surface area contributed by atoms with Crippen LogP contribution >= 0.6 is 0 Å². The van der Waals surface area contributed by atoms with Crippen molar-refractivity contribution in [2.75, 3.05) is 6.61 Å². The van der Waals surface area contributed by atoms with E-state index >= 15 is 0 Å². The number of H-pyrrole nitrogens is 1. The Morgan fingerprint density at radius 3 is 2.58 bits per heavy atom. The van der Waals surface area contributed by atoms with Crippen molar-refractivity contribution in [2.45, 2.75) is 33.9 Å². The predicted octanol–water partition coefficient (Wildman–Crippen LogP) is -0.157. The summed E-state index contributed by atoms with van der Waals surface area (Å²) in [7, 11) is 0. The number of fused-ring (bicyclic) bond motifs is 1. The van der Waals surface area contributed by atoms with E-state index in [9.17, 15) is 9.59 Å². The Morgan fingerprint density at radius 2 is 2.00 bits per heavy atom. The molecule has 0 aliphatic heterocycles. The van der Waals surface area contributed by atoms with Crippen LogP contribution in [0.15, 0.2) is 9.59 Å². The van der Waals surface area contributed by atoms with Gasteiger partial charge in [-0.3, -0.25) is 13.9 Å². The van der Waals surface area contributed by atoms with Crippen molar-refractivity contribution in [3.05, 3.63) is 26.7 Å². The number of imidazole rings is 1. The average molecular weight is 266 g/mol. The summed E-state index contributed by atoms with van der Waals surface area (Å²) in [6.07, 6.45) is 0. The third-order valence-corrected chi connectivity index (χ3v) is 2.85. The topological polar surface area (TPSA) is 92.9 Å². The molecule has 0 unspecified atom stereocenters. The van der Waals surface area contributed by atoms with E-state index in [1.54, 1.807) is 6.92 Å². The van der Waals surface area contributed by atoms with Crippen molar-refractivity contribution in [3.8, 4) is 0 Å². The van der Waals surface area contributed by atoms with E-state index in [-0.39, 0.29) is 19.1 Å². The van der Waals surface area contributed by atoms with Gasteiger partial charge in [0.25, 0.3) is 5.56 Å². The zero-order chi connectivity index (χ0) is 14.2. The molecule has 2 rings (SSSR count). The summed E-state index contributed by atoms with van der Waals surface area (Å²) in [4.78, 5) is 31.6. The highest BCUT2D eigenvalue weighted by Gasteiger charge is 2.16. The Hall–Kier alpha value is -1.89. The van der Waals surface area contributed by atoms with Crippen molar-refractivity contribution in [1.29, 1.82) is 0 Å². The van der Waals surface area contributed by atoms with Crippen LogP contribution in [0.25, 0.3) is 11.2 Å². The number of aromatic nitrogens is 4. The lowest BCUT2D eigenvalue weighted by atomic mass is 10.2. The van der Waals surface area contributed by atoms with E-state index in [2.05, 4.69) is 9.97 Å². The summed E-state index contributed by atoms with van der Waals surface area (Å²) < 4.78 is 2.53. The van der Waals surface area contributed by atoms with E-state index in [0.29, 0.717) is 23.5 Å². The maximum Gasteiger partial charge on any atom is 0.332 e. The molecule has 0 saturated heterocycles. The van der Waals surface area contributed by atoms with Gasteiger partial charge in [0.2, 0.25) is 0 Å². The molecule has 2 heterocycles. The minimum Gasteiger partial charge on any atom is -0.395 e. The fourth-order valence-electron chi connectivity index (χ4n) is 2.11. The van der Waals surface area contributed by atoms with Gasteiger partial charge in [0.1, 0.15) is 11.3 Å². The third-order valence-electron chi connectivity index (χ3n) is 2.85. The van der Waals surface area contributed by atoms with Gasteiger partial charge in [0, 0.05) is 6.54 Å². The quantitative estimate of drug-likeness (QED) is 0.804. The molecule has 2 aromatic rings. The molecule has 19 heavy (non-hydrogen) atoms. The number of aliphatic hydroxyl groups excluding tert-OH is 1. The standard InChI is InChI=1S/C12H18N4O3/c1-7(2)6-16-10-9(13-8(3)14-10)11(18)15(4-5-17)12(16)19/h7,17H,4-6H2,1-3H3,(H,13,14). The summed E-state index contributed by atoms with van der Waals surface area (Å²) in [5.41, 5.74) is -0.164. The van der Waals surface area contributed by atoms with Crippen LogP contribution < -0.4 is 11.2 Å². The SMILES string of the molecule is Cc1nc2c([nH]1)c(=O)n(CCO)c(=O)n2CC(C)C. The van der Waals surface area contributed by atoms with Gasteiger partial charge < -0.3 is 10.1 Å². The average Bonchev–Trinajstić information content (AvgIpc) is 2.72. The first-order valence-corrected chi connectivity index (χ1v) is 6.26. The summed E-state index contributed by atoms with van der Waals surface area (Å²) in [5, 5.41) is 8.98. The van der Waals surface area contributed by atoms with Crippen LogP contribution in [0.3, 0.4) is 0 Å². The second-order valence-electron chi connectivity index (χ2n) is 4.99. The molecule has 7 nitrogen and oxygen atoms in total. The van der Waals surface area contributed by atoms with Gasteiger partial charge in [0.15, 0.2) is 5.65 Å². The number of aryl methyl sites for hydroxylation is 1. The van der Waals surface area contributed by atoms with Crippen LogP contribution in [0, 0.1) is 12.8 Å². The summed E-state index contributed by atoms with van der Waals surface area (Å²) in [6, 6.07) is 0. The number of rotatable bonds is 4. The number of aromatic amines is 1. The van der Waals surface area contributed by atoms with Crippen molar-refractivity contribution in [3.63, 3.8) is 0 Å². The molecular formula is C12H18N4O3. The van der Waals surface area contributed by atoms with Crippen LogP contribution in [-0.2, 0) is 13.1 Å². The van der Waals surface area contributed by atoms with Gasteiger partial charge in [-0.2, -0.15) is 0 Å². The zero-order valence-electron chi connectivity index (χ0n) is 11.3. The molecule has 0 atom stereocenters. The third kappa shape index (κ3) is 2.33.